The van der Waals surface area contributed by atoms with Gasteiger partial charge in [0, 0.05) is 31.3 Å². The lowest BCUT2D eigenvalue weighted by Crippen LogP contribution is -2.43. The monoisotopic (exact) mass is 301 g/mol. The predicted molar refractivity (Wildman–Crippen MR) is 80.4 cm³/mol. The normalized spacial score (nSPS) is 17.1. The molecule has 1 aliphatic rings. The molecule has 1 amide bonds. The van der Waals surface area contributed by atoms with Crippen molar-refractivity contribution in [2.45, 2.75) is 45.8 Å². The number of hydrogen-bond donors (Lipinski definition) is 1. The molecule has 0 aliphatic carbocycles. The first-order chi connectivity index (χ1) is 10.5. The van der Waals surface area contributed by atoms with Gasteiger partial charge in [0.2, 0.25) is 5.91 Å². The highest BCUT2D eigenvalue weighted by atomic mass is 16.2. The molecule has 2 aromatic rings. The van der Waals surface area contributed by atoms with Crippen LogP contribution in [0.4, 0.5) is 0 Å². The van der Waals surface area contributed by atoms with Gasteiger partial charge in [-0.15, -0.1) is 0 Å². The molecule has 116 valence electrons. The van der Waals surface area contributed by atoms with E-state index >= 15 is 0 Å². The molecule has 3 heterocycles. The zero-order valence-electron chi connectivity index (χ0n) is 12.7. The average molecular weight is 301 g/mol. The van der Waals surface area contributed by atoms with Crippen molar-refractivity contribution in [3.63, 3.8) is 0 Å². The van der Waals surface area contributed by atoms with E-state index in [1.165, 1.54) is 10.7 Å². The summed E-state index contributed by atoms with van der Waals surface area (Å²) >= 11 is 0. The van der Waals surface area contributed by atoms with Crippen LogP contribution in [-0.4, -0.2) is 31.3 Å². The zero-order chi connectivity index (χ0) is 15.7. The van der Waals surface area contributed by atoms with Gasteiger partial charge in [-0.1, -0.05) is 0 Å². The second kappa shape index (κ2) is 5.75. The highest BCUT2D eigenvalue weighted by molar-refractivity contribution is 5.75. The van der Waals surface area contributed by atoms with Gasteiger partial charge in [0.1, 0.15) is 12.4 Å². The summed E-state index contributed by atoms with van der Waals surface area (Å²) in [6.07, 6.45) is 3.71. The maximum absolute atomic E-state index is 12.1. The Kier molecular flexibility index (Phi) is 3.79. The summed E-state index contributed by atoms with van der Waals surface area (Å²) in [6, 6.07) is 3.13. The minimum atomic E-state index is -0.267. The van der Waals surface area contributed by atoms with E-state index in [-0.39, 0.29) is 24.1 Å². The zero-order valence-corrected chi connectivity index (χ0v) is 12.7. The maximum Gasteiger partial charge on any atom is 0.267 e. The van der Waals surface area contributed by atoms with Gasteiger partial charge in [-0.2, -0.15) is 5.10 Å². The Morgan fingerprint density at radius 3 is 3.00 bits per heavy atom. The van der Waals surface area contributed by atoms with Crippen molar-refractivity contribution in [2.24, 2.45) is 0 Å². The number of hydrogen-bond acceptors (Lipinski definition) is 4. The summed E-state index contributed by atoms with van der Waals surface area (Å²) in [7, 11) is 0. The average Bonchev–Trinajstić information content (AvgIpc) is 2.82. The van der Waals surface area contributed by atoms with Crippen molar-refractivity contribution in [2.75, 3.05) is 0 Å². The molecule has 0 spiro atoms. The van der Waals surface area contributed by atoms with Gasteiger partial charge in [0.15, 0.2) is 0 Å². The molecule has 0 aromatic carbocycles. The third-order valence-corrected chi connectivity index (χ3v) is 3.77. The molecule has 7 nitrogen and oxygen atoms in total. The minimum absolute atomic E-state index is 0.0488. The van der Waals surface area contributed by atoms with E-state index < -0.39 is 0 Å². The lowest BCUT2D eigenvalue weighted by molar-refractivity contribution is -0.122. The number of nitrogens with one attached hydrogen (secondary N) is 1. The summed E-state index contributed by atoms with van der Waals surface area (Å²) in [5, 5.41) is 7.05. The van der Waals surface area contributed by atoms with Gasteiger partial charge in [0.25, 0.3) is 5.56 Å². The number of carbonyl (C=O) groups excluding carboxylic acids is 1. The predicted octanol–water partition coefficient (Wildman–Crippen LogP) is 0.188. The molecule has 22 heavy (non-hydrogen) atoms. The molecule has 1 N–H and O–H groups in total. The Morgan fingerprint density at radius 2 is 2.18 bits per heavy atom. The number of imidazole rings is 1. The SMILES string of the molecule is Cc1cn2c(n1)CCC(NC(=O)Cn1nc(C)ccc1=O)C2. The highest BCUT2D eigenvalue weighted by Gasteiger charge is 2.21. The van der Waals surface area contributed by atoms with E-state index in [0.717, 1.165) is 30.9 Å². The largest absolute Gasteiger partial charge is 0.350 e. The van der Waals surface area contributed by atoms with Crippen molar-refractivity contribution < 1.29 is 4.79 Å². The van der Waals surface area contributed by atoms with Crippen LogP contribution in [0, 0.1) is 13.8 Å². The second-order valence-corrected chi connectivity index (χ2v) is 5.72. The van der Waals surface area contributed by atoms with Gasteiger partial charge >= 0.3 is 0 Å². The lowest BCUT2D eigenvalue weighted by atomic mass is 10.1. The molecule has 7 heteroatoms. The summed E-state index contributed by atoms with van der Waals surface area (Å²) in [6.45, 7) is 4.43. The van der Waals surface area contributed by atoms with Gasteiger partial charge in [-0.05, 0) is 26.3 Å². The quantitative estimate of drug-likeness (QED) is 0.877. The van der Waals surface area contributed by atoms with Gasteiger partial charge in [-0.3, -0.25) is 9.59 Å². The fourth-order valence-corrected chi connectivity index (χ4v) is 2.78. The number of carbonyl (C=O) groups is 1. The smallest absolute Gasteiger partial charge is 0.267 e. The Morgan fingerprint density at radius 1 is 1.36 bits per heavy atom. The fourth-order valence-electron chi connectivity index (χ4n) is 2.78. The topological polar surface area (TPSA) is 81.8 Å². The summed E-state index contributed by atoms with van der Waals surface area (Å²) in [5.41, 5.74) is 1.44. The number of rotatable bonds is 3. The van der Waals surface area contributed by atoms with Crippen LogP contribution >= 0.6 is 0 Å². The molecule has 0 saturated heterocycles. The maximum atomic E-state index is 12.1. The first-order valence-corrected chi connectivity index (χ1v) is 7.38. The fraction of sp³-hybridized carbons (Fsp3) is 0.467. The van der Waals surface area contributed by atoms with Crippen molar-refractivity contribution in [1.29, 1.82) is 0 Å². The van der Waals surface area contributed by atoms with Crippen LogP contribution in [0.2, 0.25) is 0 Å². The standard InChI is InChI=1S/C15H19N5O2/c1-10-3-6-15(22)20(18-10)9-14(21)17-12-4-5-13-16-11(2)7-19(13)8-12/h3,6-7,12H,4-5,8-9H2,1-2H3,(H,17,21). The molecule has 0 saturated carbocycles. The van der Waals surface area contributed by atoms with Crippen LogP contribution in [0.25, 0.3) is 0 Å². The van der Waals surface area contributed by atoms with E-state index in [0.29, 0.717) is 5.69 Å². The van der Waals surface area contributed by atoms with Crippen LogP contribution in [-0.2, 0) is 24.3 Å². The van der Waals surface area contributed by atoms with E-state index in [1.54, 1.807) is 13.0 Å². The number of fused-ring (bicyclic) bond motifs is 1. The molecule has 1 unspecified atom stereocenters. The molecular weight excluding hydrogens is 282 g/mol. The Bertz CT molecular complexity index is 762. The first-order valence-electron chi connectivity index (χ1n) is 7.38. The van der Waals surface area contributed by atoms with Crippen molar-refractivity contribution in [1.82, 2.24) is 24.6 Å². The van der Waals surface area contributed by atoms with Gasteiger partial charge < -0.3 is 9.88 Å². The third kappa shape index (κ3) is 3.08. The molecule has 2 aromatic heterocycles. The molecular formula is C15H19N5O2. The second-order valence-electron chi connectivity index (χ2n) is 5.72. The highest BCUT2D eigenvalue weighted by Crippen LogP contribution is 2.14. The van der Waals surface area contributed by atoms with Gasteiger partial charge in [0.05, 0.1) is 11.4 Å². The number of amides is 1. The van der Waals surface area contributed by atoms with Crippen LogP contribution < -0.4 is 10.9 Å². The van der Waals surface area contributed by atoms with E-state index in [1.807, 2.05) is 13.1 Å². The molecule has 0 fully saturated rings. The summed E-state index contributed by atoms with van der Waals surface area (Å²) in [4.78, 5) is 28.2. The van der Waals surface area contributed by atoms with Crippen molar-refractivity contribution in [3.05, 3.63) is 45.9 Å². The molecule has 1 atom stereocenters. The van der Waals surface area contributed by atoms with Crippen LogP contribution in [0.1, 0.15) is 23.6 Å². The van der Waals surface area contributed by atoms with Gasteiger partial charge in [-0.25, -0.2) is 9.67 Å². The third-order valence-electron chi connectivity index (χ3n) is 3.77. The van der Waals surface area contributed by atoms with Crippen molar-refractivity contribution >= 4 is 5.91 Å². The molecule has 1 aliphatic heterocycles. The number of aryl methyl sites for hydroxylation is 3. The van der Waals surface area contributed by atoms with E-state index in [2.05, 4.69) is 20.0 Å². The summed E-state index contributed by atoms with van der Waals surface area (Å²) < 4.78 is 3.28. The Labute approximate surface area is 128 Å². The van der Waals surface area contributed by atoms with E-state index in [9.17, 15) is 9.59 Å². The molecule has 0 radical (unpaired) electrons. The molecule has 3 rings (SSSR count). The molecule has 0 bridgehead atoms. The number of nitrogens with zero attached hydrogens (tertiary/aromatic N) is 4. The van der Waals surface area contributed by atoms with Crippen LogP contribution in [0.5, 0.6) is 0 Å². The van der Waals surface area contributed by atoms with Crippen molar-refractivity contribution in [3.8, 4) is 0 Å². The Balaban J connectivity index is 1.63. The van der Waals surface area contributed by atoms with E-state index in [4.69, 9.17) is 0 Å². The minimum Gasteiger partial charge on any atom is -0.350 e. The summed E-state index contributed by atoms with van der Waals surface area (Å²) in [5.74, 6) is 0.880. The van der Waals surface area contributed by atoms with Crippen LogP contribution in [0.3, 0.4) is 0 Å². The first kappa shape index (κ1) is 14.5. The Hall–Kier alpha value is -2.44. The van der Waals surface area contributed by atoms with Crippen LogP contribution in [0.15, 0.2) is 23.1 Å². The lowest BCUT2D eigenvalue weighted by Gasteiger charge is -2.24. The number of aromatic nitrogens is 4.